The Labute approximate surface area is 123 Å². The minimum atomic E-state index is -0.428. The van der Waals surface area contributed by atoms with Crippen LogP contribution in [0.5, 0.6) is 0 Å². The van der Waals surface area contributed by atoms with Crippen molar-refractivity contribution < 1.29 is 4.74 Å². The molecular formula is C16H15ClN2O. The van der Waals surface area contributed by atoms with E-state index in [0.717, 1.165) is 16.8 Å². The van der Waals surface area contributed by atoms with Crippen LogP contribution in [0.2, 0.25) is 5.02 Å². The van der Waals surface area contributed by atoms with E-state index in [1.807, 2.05) is 36.4 Å². The molecule has 0 fully saturated rings. The van der Waals surface area contributed by atoms with Crippen LogP contribution < -0.4 is 5.32 Å². The molecule has 0 aliphatic heterocycles. The van der Waals surface area contributed by atoms with E-state index in [9.17, 15) is 5.26 Å². The fraction of sp³-hybridized carbons (Fsp3) is 0.188. The molecule has 0 spiro atoms. The summed E-state index contributed by atoms with van der Waals surface area (Å²) in [5.74, 6) is 0. The van der Waals surface area contributed by atoms with Gasteiger partial charge >= 0.3 is 0 Å². The van der Waals surface area contributed by atoms with Crippen molar-refractivity contribution in [3.8, 4) is 6.07 Å². The lowest BCUT2D eigenvalue weighted by Crippen LogP contribution is -2.11. The highest BCUT2D eigenvalue weighted by Gasteiger charge is 2.14. The molecular weight excluding hydrogens is 272 g/mol. The quantitative estimate of drug-likeness (QED) is 0.897. The highest BCUT2D eigenvalue weighted by atomic mass is 35.5. The van der Waals surface area contributed by atoms with E-state index >= 15 is 0 Å². The van der Waals surface area contributed by atoms with E-state index < -0.39 is 6.04 Å². The summed E-state index contributed by atoms with van der Waals surface area (Å²) in [6.45, 7) is 0.483. The van der Waals surface area contributed by atoms with Gasteiger partial charge in [0.2, 0.25) is 0 Å². The van der Waals surface area contributed by atoms with Crippen LogP contribution in [-0.2, 0) is 11.3 Å². The lowest BCUT2D eigenvalue weighted by atomic mass is 10.0. The molecule has 2 aromatic carbocycles. The Balaban J connectivity index is 2.24. The number of methoxy groups -OCH3 is 1. The molecule has 0 aliphatic carbocycles. The zero-order valence-electron chi connectivity index (χ0n) is 11.1. The van der Waals surface area contributed by atoms with Gasteiger partial charge in [-0.3, -0.25) is 0 Å². The number of hydrogen-bond acceptors (Lipinski definition) is 3. The Hall–Kier alpha value is -2.02. The van der Waals surface area contributed by atoms with Gasteiger partial charge in [0.25, 0.3) is 0 Å². The smallest absolute Gasteiger partial charge is 0.140 e. The van der Waals surface area contributed by atoms with Gasteiger partial charge < -0.3 is 10.1 Å². The van der Waals surface area contributed by atoms with E-state index in [0.29, 0.717) is 11.6 Å². The molecule has 0 heterocycles. The molecule has 1 unspecified atom stereocenters. The first-order valence-electron chi connectivity index (χ1n) is 6.23. The summed E-state index contributed by atoms with van der Waals surface area (Å²) in [5, 5.41) is 13.3. The van der Waals surface area contributed by atoms with E-state index in [-0.39, 0.29) is 0 Å². The number of rotatable bonds is 5. The average molecular weight is 287 g/mol. The molecule has 2 rings (SSSR count). The van der Waals surface area contributed by atoms with Crippen LogP contribution in [-0.4, -0.2) is 7.11 Å². The first-order chi connectivity index (χ1) is 9.74. The minimum Gasteiger partial charge on any atom is -0.380 e. The molecule has 0 amide bonds. The van der Waals surface area contributed by atoms with Crippen molar-refractivity contribution in [1.29, 1.82) is 5.26 Å². The summed E-state index contributed by atoms with van der Waals surface area (Å²) in [4.78, 5) is 0. The topological polar surface area (TPSA) is 45.0 Å². The van der Waals surface area contributed by atoms with Crippen LogP contribution in [0.1, 0.15) is 17.2 Å². The minimum absolute atomic E-state index is 0.428. The summed E-state index contributed by atoms with van der Waals surface area (Å²) in [7, 11) is 1.64. The molecule has 2 aromatic rings. The summed E-state index contributed by atoms with van der Waals surface area (Å²) in [6, 6.07) is 16.9. The summed E-state index contributed by atoms with van der Waals surface area (Å²) in [6.07, 6.45) is 0. The first-order valence-corrected chi connectivity index (χ1v) is 6.61. The Morgan fingerprint density at radius 1 is 1.20 bits per heavy atom. The summed E-state index contributed by atoms with van der Waals surface area (Å²) in [5.41, 5.74) is 2.78. The largest absolute Gasteiger partial charge is 0.380 e. The van der Waals surface area contributed by atoms with Crippen molar-refractivity contribution in [3.63, 3.8) is 0 Å². The summed E-state index contributed by atoms with van der Waals surface area (Å²) >= 11 is 5.86. The number of nitrogens with zero attached hydrogens (tertiary/aromatic N) is 1. The number of benzene rings is 2. The van der Waals surface area contributed by atoms with Gasteiger partial charge in [-0.2, -0.15) is 5.26 Å². The number of anilines is 1. The number of halogens is 1. The molecule has 0 radical (unpaired) electrons. The fourth-order valence-electron chi connectivity index (χ4n) is 2.00. The van der Waals surface area contributed by atoms with Crippen LogP contribution in [0.3, 0.4) is 0 Å². The lowest BCUT2D eigenvalue weighted by Gasteiger charge is -2.16. The van der Waals surface area contributed by atoms with E-state index in [2.05, 4.69) is 11.4 Å². The Kier molecular flexibility index (Phi) is 5.00. The van der Waals surface area contributed by atoms with Gasteiger partial charge in [-0.25, -0.2) is 0 Å². The molecule has 0 saturated heterocycles. The van der Waals surface area contributed by atoms with E-state index in [1.54, 1.807) is 19.2 Å². The summed E-state index contributed by atoms with van der Waals surface area (Å²) < 4.78 is 5.17. The standard InChI is InChI=1S/C16H15ClN2O/c1-20-11-12-4-2-3-5-15(12)16(10-18)19-14-8-6-13(17)7-9-14/h2-9,16,19H,11H2,1H3. The van der Waals surface area contributed by atoms with E-state index in [1.165, 1.54) is 0 Å². The third-order valence-electron chi connectivity index (χ3n) is 2.95. The van der Waals surface area contributed by atoms with Gasteiger partial charge in [0.05, 0.1) is 12.7 Å². The predicted octanol–water partition coefficient (Wildman–Crippen LogP) is 4.16. The zero-order valence-corrected chi connectivity index (χ0v) is 11.9. The van der Waals surface area contributed by atoms with Crippen LogP contribution >= 0.6 is 11.6 Å². The molecule has 4 heteroatoms. The second-order valence-corrected chi connectivity index (χ2v) is 4.78. The molecule has 0 bridgehead atoms. The van der Waals surface area contributed by atoms with Crippen molar-refractivity contribution in [3.05, 3.63) is 64.7 Å². The second kappa shape index (κ2) is 6.95. The van der Waals surface area contributed by atoms with Gasteiger partial charge in [0, 0.05) is 17.8 Å². The number of ether oxygens (including phenoxy) is 1. The number of hydrogen-bond donors (Lipinski definition) is 1. The van der Waals surface area contributed by atoms with Crippen molar-refractivity contribution in [2.45, 2.75) is 12.6 Å². The predicted molar refractivity (Wildman–Crippen MR) is 80.6 cm³/mol. The van der Waals surface area contributed by atoms with Crippen LogP contribution in [0.25, 0.3) is 0 Å². The molecule has 0 saturated carbocycles. The molecule has 0 aliphatic rings. The normalized spacial score (nSPS) is 11.7. The SMILES string of the molecule is COCc1ccccc1C(C#N)Nc1ccc(Cl)cc1. The van der Waals surface area contributed by atoms with Crippen LogP contribution in [0, 0.1) is 11.3 Å². The Bertz CT molecular complexity index is 605. The van der Waals surface area contributed by atoms with Crippen molar-refractivity contribution in [2.24, 2.45) is 0 Å². The molecule has 1 atom stereocenters. The lowest BCUT2D eigenvalue weighted by molar-refractivity contribution is 0.184. The Morgan fingerprint density at radius 3 is 2.55 bits per heavy atom. The van der Waals surface area contributed by atoms with Crippen LogP contribution in [0.15, 0.2) is 48.5 Å². The van der Waals surface area contributed by atoms with Crippen molar-refractivity contribution in [1.82, 2.24) is 0 Å². The average Bonchev–Trinajstić information content (AvgIpc) is 2.48. The van der Waals surface area contributed by atoms with Gasteiger partial charge in [-0.05, 0) is 35.4 Å². The van der Waals surface area contributed by atoms with Gasteiger partial charge in [0.15, 0.2) is 0 Å². The van der Waals surface area contributed by atoms with Crippen molar-refractivity contribution in [2.75, 3.05) is 12.4 Å². The highest BCUT2D eigenvalue weighted by Crippen LogP contribution is 2.23. The maximum Gasteiger partial charge on any atom is 0.140 e. The molecule has 102 valence electrons. The maximum atomic E-state index is 9.41. The van der Waals surface area contributed by atoms with Crippen molar-refractivity contribution >= 4 is 17.3 Å². The second-order valence-electron chi connectivity index (χ2n) is 4.35. The van der Waals surface area contributed by atoms with Gasteiger partial charge in [0.1, 0.15) is 6.04 Å². The third-order valence-corrected chi connectivity index (χ3v) is 3.20. The first kappa shape index (κ1) is 14.4. The van der Waals surface area contributed by atoms with Gasteiger partial charge in [-0.15, -0.1) is 0 Å². The number of nitriles is 1. The van der Waals surface area contributed by atoms with E-state index in [4.69, 9.17) is 16.3 Å². The molecule has 1 N–H and O–H groups in total. The zero-order chi connectivity index (χ0) is 14.4. The fourth-order valence-corrected chi connectivity index (χ4v) is 2.12. The maximum absolute atomic E-state index is 9.41. The monoisotopic (exact) mass is 286 g/mol. The van der Waals surface area contributed by atoms with Gasteiger partial charge in [-0.1, -0.05) is 35.9 Å². The third kappa shape index (κ3) is 3.51. The number of nitrogens with one attached hydrogen (secondary N) is 1. The molecule has 20 heavy (non-hydrogen) atoms. The molecule has 3 nitrogen and oxygen atoms in total. The Morgan fingerprint density at radius 2 is 1.90 bits per heavy atom. The molecule has 0 aromatic heterocycles. The van der Waals surface area contributed by atoms with Crippen LogP contribution in [0.4, 0.5) is 5.69 Å². The highest BCUT2D eigenvalue weighted by molar-refractivity contribution is 6.30.